The molecule has 1 aromatic carbocycles. The Balaban J connectivity index is 0.00000280. The molecule has 2 aromatic rings. The zero-order valence-corrected chi connectivity index (χ0v) is 16.7. The number of piperazine rings is 1. The van der Waals surface area contributed by atoms with Gasteiger partial charge in [-0.05, 0) is 17.7 Å². The van der Waals surface area contributed by atoms with Gasteiger partial charge in [-0.15, -0.1) is 12.4 Å². The standard InChI is InChI=1S/C17H20F2N4O3S.ClH/c1-22-8-7-21-15(22)14-10-20-6-9-23(14)16(24)13-4-2-12(3-5-13)11-27(25,26)17(18)19;/h2-5,7-8,14,17,20H,6,9-11H2,1H3;1H. The molecule has 0 radical (unpaired) electrons. The third-order valence-electron chi connectivity index (χ3n) is 4.50. The number of alkyl halides is 2. The number of nitrogens with one attached hydrogen (secondary N) is 1. The van der Waals surface area contributed by atoms with Crippen LogP contribution in [0.15, 0.2) is 36.7 Å². The molecule has 1 atom stereocenters. The van der Waals surface area contributed by atoms with Crippen molar-refractivity contribution < 1.29 is 22.0 Å². The van der Waals surface area contributed by atoms with E-state index in [9.17, 15) is 22.0 Å². The third kappa shape index (κ3) is 4.68. The van der Waals surface area contributed by atoms with E-state index in [0.717, 1.165) is 5.82 Å². The summed E-state index contributed by atoms with van der Waals surface area (Å²) in [6, 6.07) is 5.49. The highest BCUT2D eigenvalue weighted by molar-refractivity contribution is 7.90. The summed E-state index contributed by atoms with van der Waals surface area (Å²) in [6.45, 7) is 1.72. The van der Waals surface area contributed by atoms with Crippen LogP contribution in [-0.4, -0.2) is 54.2 Å². The normalized spacial score (nSPS) is 17.4. The second kappa shape index (κ2) is 8.97. The van der Waals surface area contributed by atoms with E-state index in [2.05, 4.69) is 10.3 Å². The first-order valence-electron chi connectivity index (χ1n) is 8.37. The second-order valence-corrected chi connectivity index (χ2v) is 8.35. The molecular formula is C17H21ClF2N4O3S. The maximum Gasteiger partial charge on any atom is 0.337 e. The van der Waals surface area contributed by atoms with Crippen molar-refractivity contribution in [1.82, 2.24) is 19.8 Å². The Kier molecular flexibility index (Phi) is 7.13. The molecule has 7 nitrogen and oxygen atoms in total. The number of rotatable bonds is 5. The SMILES string of the molecule is Cl.Cn1ccnc1C1CNCCN1C(=O)c1ccc(CS(=O)(=O)C(F)F)cc1. The second-order valence-electron chi connectivity index (χ2n) is 6.38. The molecule has 0 saturated carbocycles. The van der Waals surface area contributed by atoms with Crippen LogP contribution in [0, 0.1) is 0 Å². The molecule has 154 valence electrons. The van der Waals surface area contributed by atoms with Gasteiger partial charge < -0.3 is 14.8 Å². The first kappa shape index (κ1) is 22.3. The summed E-state index contributed by atoms with van der Waals surface area (Å²) < 4.78 is 49.5. The van der Waals surface area contributed by atoms with Crippen molar-refractivity contribution in [2.75, 3.05) is 19.6 Å². The number of sulfone groups is 1. The van der Waals surface area contributed by atoms with Gasteiger partial charge in [0.15, 0.2) is 0 Å². The van der Waals surface area contributed by atoms with Crippen LogP contribution < -0.4 is 5.32 Å². The molecule has 1 aliphatic rings. The molecule has 11 heteroatoms. The van der Waals surface area contributed by atoms with Gasteiger partial charge in [-0.2, -0.15) is 8.78 Å². The summed E-state index contributed by atoms with van der Waals surface area (Å²) in [5.41, 5.74) is 0.585. The van der Waals surface area contributed by atoms with Crippen LogP contribution >= 0.6 is 12.4 Å². The van der Waals surface area contributed by atoms with Crippen LogP contribution in [-0.2, 0) is 22.6 Å². The van der Waals surface area contributed by atoms with Crippen LogP contribution in [0.3, 0.4) is 0 Å². The number of hydrogen-bond donors (Lipinski definition) is 1. The Morgan fingerprint density at radius 2 is 2.00 bits per heavy atom. The Hall–Kier alpha value is -2.04. The van der Waals surface area contributed by atoms with Crippen molar-refractivity contribution in [2.24, 2.45) is 7.05 Å². The molecule has 1 unspecified atom stereocenters. The van der Waals surface area contributed by atoms with Crippen LogP contribution in [0.25, 0.3) is 0 Å². The topological polar surface area (TPSA) is 84.3 Å². The number of nitrogens with zero attached hydrogens (tertiary/aromatic N) is 3. The Morgan fingerprint density at radius 3 is 2.57 bits per heavy atom. The molecule has 1 amide bonds. The fourth-order valence-electron chi connectivity index (χ4n) is 3.08. The third-order valence-corrected chi connectivity index (χ3v) is 5.78. The van der Waals surface area contributed by atoms with E-state index in [1.54, 1.807) is 11.1 Å². The van der Waals surface area contributed by atoms with Gasteiger partial charge in [-0.3, -0.25) is 4.79 Å². The number of hydrogen-bond acceptors (Lipinski definition) is 5. The number of imidazole rings is 1. The van der Waals surface area contributed by atoms with Crippen molar-refractivity contribution in [3.63, 3.8) is 0 Å². The van der Waals surface area contributed by atoms with Gasteiger partial charge in [0.05, 0.1) is 5.75 Å². The van der Waals surface area contributed by atoms with Gasteiger partial charge in [0.25, 0.3) is 5.91 Å². The van der Waals surface area contributed by atoms with E-state index in [1.165, 1.54) is 24.3 Å². The van der Waals surface area contributed by atoms with Gasteiger partial charge >= 0.3 is 5.76 Å². The smallest absolute Gasteiger partial charge is 0.336 e. The number of carbonyl (C=O) groups is 1. The largest absolute Gasteiger partial charge is 0.337 e. The quantitative estimate of drug-likeness (QED) is 0.775. The summed E-state index contributed by atoms with van der Waals surface area (Å²) in [4.78, 5) is 19.0. The predicted octanol–water partition coefficient (Wildman–Crippen LogP) is 1.77. The summed E-state index contributed by atoms with van der Waals surface area (Å²) in [5.74, 6) is -3.64. The number of aromatic nitrogens is 2. The number of amides is 1. The molecule has 0 bridgehead atoms. The highest BCUT2D eigenvalue weighted by atomic mass is 35.5. The maximum atomic E-state index is 12.9. The molecule has 1 aromatic heterocycles. The lowest BCUT2D eigenvalue weighted by molar-refractivity contribution is 0.0621. The number of benzene rings is 1. The first-order chi connectivity index (χ1) is 12.8. The molecule has 0 spiro atoms. The van der Waals surface area contributed by atoms with Crippen molar-refractivity contribution in [2.45, 2.75) is 17.6 Å². The summed E-state index contributed by atoms with van der Waals surface area (Å²) in [7, 11) is -2.64. The van der Waals surface area contributed by atoms with Crippen LogP contribution in [0.2, 0.25) is 0 Å². The first-order valence-corrected chi connectivity index (χ1v) is 10.1. The van der Waals surface area contributed by atoms with Crippen molar-refractivity contribution >= 4 is 28.2 Å². The maximum absolute atomic E-state index is 12.9. The summed E-state index contributed by atoms with van der Waals surface area (Å²) >= 11 is 0. The lowest BCUT2D eigenvalue weighted by atomic mass is 10.1. The van der Waals surface area contributed by atoms with Crippen LogP contribution in [0.1, 0.15) is 27.8 Å². The Labute approximate surface area is 168 Å². The Bertz CT molecular complexity index is 919. The monoisotopic (exact) mass is 434 g/mol. The fourth-order valence-corrected chi connectivity index (χ4v) is 3.86. The van der Waals surface area contributed by atoms with E-state index in [1.807, 2.05) is 17.8 Å². The molecule has 1 N–H and O–H groups in total. The van der Waals surface area contributed by atoms with Crippen molar-refractivity contribution in [1.29, 1.82) is 0 Å². The zero-order valence-electron chi connectivity index (χ0n) is 15.1. The predicted molar refractivity (Wildman–Crippen MR) is 102 cm³/mol. The van der Waals surface area contributed by atoms with E-state index in [0.29, 0.717) is 25.2 Å². The molecule has 0 aliphatic carbocycles. The minimum Gasteiger partial charge on any atom is -0.336 e. The van der Waals surface area contributed by atoms with E-state index in [-0.39, 0.29) is 29.9 Å². The van der Waals surface area contributed by atoms with E-state index in [4.69, 9.17) is 0 Å². The van der Waals surface area contributed by atoms with Gasteiger partial charge in [-0.25, -0.2) is 13.4 Å². The fraction of sp³-hybridized carbons (Fsp3) is 0.412. The zero-order chi connectivity index (χ0) is 19.6. The van der Waals surface area contributed by atoms with Crippen LogP contribution in [0.5, 0.6) is 0 Å². The molecule has 1 aliphatic heterocycles. The van der Waals surface area contributed by atoms with Gasteiger partial charge in [0, 0.05) is 44.6 Å². The molecule has 28 heavy (non-hydrogen) atoms. The number of halogens is 3. The number of aryl methyl sites for hydroxylation is 1. The highest BCUT2D eigenvalue weighted by Gasteiger charge is 2.31. The van der Waals surface area contributed by atoms with Crippen molar-refractivity contribution in [3.05, 3.63) is 53.6 Å². The molecule has 1 saturated heterocycles. The lowest BCUT2D eigenvalue weighted by Gasteiger charge is -2.35. The van der Waals surface area contributed by atoms with E-state index >= 15 is 0 Å². The minimum atomic E-state index is -4.50. The lowest BCUT2D eigenvalue weighted by Crippen LogP contribution is -2.49. The average Bonchev–Trinajstić information content (AvgIpc) is 3.07. The number of carbonyl (C=O) groups excluding carboxylic acids is 1. The molecular weight excluding hydrogens is 414 g/mol. The summed E-state index contributed by atoms with van der Waals surface area (Å²) in [5, 5.41) is 3.25. The average molecular weight is 435 g/mol. The molecule has 2 heterocycles. The van der Waals surface area contributed by atoms with E-state index < -0.39 is 21.3 Å². The van der Waals surface area contributed by atoms with Gasteiger partial charge in [0.1, 0.15) is 11.9 Å². The van der Waals surface area contributed by atoms with Crippen molar-refractivity contribution in [3.8, 4) is 0 Å². The van der Waals surface area contributed by atoms with Gasteiger partial charge in [0.2, 0.25) is 9.84 Å². The summed E-state index contributed by atoms with van der Waals surface area (Å²) in [6.07, 6.45) is 3.48. The highest BCUT2D eigenvalue weighted by Crippen LogP contribution is 2.23. The molecule has 3 rings (SSSR count). The van der Waals surface area contributed by atoms with Crippen LogP contribution in [0.4, 0.5) is 8.78 Å². The Morgan fingerprint density at radius 1 is 1.32 bits per heavy atom. The minimum absolute atomic E-state index is 0. The molecule has 1 fully saturated rings. The van der Waals surface area contributed by atoms with Gasteiger partial charge in [-0.1, -0.05) is 12.1 Å².